The second-order valence-corrected chi connectivity index (χ2v) is 6.56. The molecule has 136 valence electrons. The summed E-state index contributed by atoms with van der Waals surface area (Å²) in [6.07, 6.45) is 1.48. The lowest BCUT2D eigenvalue weighted by Crippen LogP contribution is -2.27. The molecule has 2 heterocycles. The smallest absolute Gasteiger partial charge is 0.286 e. The molecule has 1 aromatic heterocycles. The molecule has 0 spiro atoms. The van der Waals surface area contributed by atoms with Crippen molar-refractivity contribution in [3.63, 3.8) is 0 Å². The third-order valence-corrected chi connectivity index (χ3v) is 5.06. The Balaban J connectivity index is 1.88. The first-order valence-electron chi connectivity index (χ1n) is 8.64. The van der Waals surface area contributed by atoms with E-state index >= 15 is 0 Å². The molecule has 0 unspecified atom stereocenters. The number of hydroxylamine groups is 2. The van der Waals surface area contributed by atoms with Crippen LogP contribution in [-0.4, -0.2) is 27.1 Å². The number of halogens is 1. The summed E-state index contributed by atoms with van der Waals surface area (Å²) in [7, 11) is 0. The number of rotatable bonds is 2. The maximum atomic E-state index is 14.1. The van der Waals surface area contributed by atoms with Crippen LogP contribution in [0.15, 0.2) is 66.9 Å². The molecule has 0 radical (unpaired) electrons. The van der Waals surface area contributed by atoms with Gasteiger partial charge in [0.05, 0.1) is 16.7 Å². The van der Waals surface area contributed by atoms with E-state index in [1.54, 1.807) is 18.2 Å². The average molecular weight is 372 g/mol. The summed E-state index contributed by atoms with van der Waals surface area (Å²) in [5, 5.41) is 12.3. The number of nitrogens with one attached hydrogen (secondary N) is 1. The van der Waals surface area contributed by atoms with Gasteiger partial charge in [0, 0.05) is 17.1 Å². The van der Waals surface area contributed by atoms with E-state index < -0.39 is 17.6 Å². The Morgan fingerprint density at radius 1 is 0.786 bits per heavy atom. The van der Waals surface area contributed by atoms with Crippen molar-refractivity contribution in [2.45, 2.75) is 0 Å². The monoisotopic (exact) mass is 372 g/mol. The molecule has 28 heavy (non-hydrogen) atoms. The standard InChI is InChI=1S/C22H13FN2O3/c23-17-10-4-9-15-16(11-24-20(15)17)19-18(21(26)25(28)22(19)27)14-8-3-6-12-5-1-2-7-13(12)14/h1-11,24,28H. The molecule has 1 aliphatic rings. The first kappa shape index (κ1) is 16.4. The van der Waals surface area contributed by atoms with E-state index in [1.807, 2.05) is 30.3 Å². The molecule has 5 rings (SSSR count). The lowest BCUT2D eigenvalue weighted by atomic mass is 9.92. The van der Waals surface area contributed by atoms with E-state index in [0.29, 0.717) is 16.5 Å². The molecule has 0 saturated carbocycles. The minimum absolute atomic E-state index is 0.0423. The highest BCUT2D eigenvalue weighted by Crippen LogP contribution is 2.40. The Morgan fingerprint density at radius 3 is 2.25 bits per heavy atom. The summed E-state index contributed by atoms with van der Waals surface area (Å²) < 4.78 is 14.1. The van der Waals surface area contributed by atoms with E-state index in [2.05, 4.69) is 4.98 Å². The first-order valence-corrected chi connectivity index (χ1v) is 8.64. The van der Waals surface area contributed by atoms with E-state index in [-0.39, 0.29) is 21.7 Å². The molecule has 2 amide bonds. The van der Waals surface area contributed by atoms with Gasteiger partial charge in [-0.3, -0.25) is 14.8 Å². The van der Waals surface area contributed by atoms with E-state index in [9.17, 15) is 19.2 Å². The fourth-order valence-corrected chi connectivity index (χ4v) is 3.79. The zero-order valence-corrected chi connectivity index (χ0v) is 14.4. The van der Waals surface area contributed by atoms with Gasteiger partial charge < -0.3 is 4.98 Å². The van der Waals surface area contributed by atoms with Gasteiger partial charge in [-0.05, 0) is 22.4 Å². The van der Waals surface area contributed by atoms with Crippen LogP contribution in [0.4, 0.5) is 4.39 Å². The van der Waals surface area contributed by atoms with Crippen molar-refractivity contribution in [1.29, 1.82) is 0 Å². The highest BCUT2D eigenvalue weighted by molar-refractivity contribution is 6.50. The zero-order chi connectivity index (χ0) is 19.4. The van der Waals surface area contributed by atoms with Gasteiger partial charge in [-0.15, -0.1) is 5.06 Å². The predicted molar refractivity (Wildman–Crippen MR) is 103 cm³/mol. The number of hydrogen-bond donors (Lipinski definition) is 2. The van der Waals surface area contributed by atoms with Gasteiger partial charge in [-0.2, -0.15) is 0 Å². The molecule has 0 atom stereocenters. The SMILES string of the molecule is O=C1C(c2cccc3ccccc23)=C(c2c[nH]c3c(F)cccc23)C(=O)N1O. The van der Waals surface area contributed by atoms with Crippen molar-refractivity contribution in [2.24, 2.45) is 0 Å². The predicted octanol–water partition coefficient (Wildman–Crippen LogP) is 4.13. The maximum Gasteiger partial charge on any atom is 0.286 e. The molecule has 0 fully saturated rings. The maximum absolute atomic E-state index is 14.1. The van der Waals surface area contributed by atoms with Gasteiger partial charge in [0.15, 0.2) is 0 Å². The van der Waals surface area contributed by atoms with Gasteiger partial charge in [-0.25, -0.2) is 4.39 Å². The second kappa shape index (κ2) is 5.87. The van der Waals surface area contributed by atoms with Crippen molar-refractivity contribution in [3.05, 3.63) is 83.8 Å². The van der Waals surface area contributed by atoms with Crippen molar-refractivity contribution >= 4 is 44.6 Å². The second-order valence-electron chi connectivity index (χ2n) is 6.56. The van der Waals surface area contributed by atoms with E-state index in [1.165, 1.54) is 18.3 Å². The molecule has 0 saturated heterocycles. The third-order valence-electron chi connectivity index (χ3n) is 5.06. The molecule has 2 N–H and O–H groups in total. The molecular weight excluding hydrogens is 359 g/mol. The number of amides is 2. The van der Waals surface area contributed by atoms with Crippen LogP contribution < -0.4 is 0 Å². The number of H-pyrrole nitrogens is 1. The lowest BCUT2D eigenvalue weighted by molar-refractivity contribution is -0.168. The van der Waals surface area contributed by atoms with Crippen LogP contribution in [0, 0.1) is 5.82 Å². The first-order chi connectivity index (χ1) is 13.6. The van der Waals surface area contributed by atoms with Gasteiger partial charge in [0.1, 0.15) is 5.82 Å². The lowest BCUT2D eigenvalue weighted by Gasteiger charge is -2.08. The molecule has 0 bridgehead atoms. The molecular formula is C22H13FN2O3. The van der Waals surface area contributed by atoms with Crippen molar-refractivity contribution in [1.82, 2.24) is 10.0 Å². The number of para-hydroxylation sites is 1. The van der Waals surface area contributed by atoms with Crippen LogP contribution in [0.25, 0.3) is 32.8 Å². The quantitative estimate of drug-likeness (QED) is 0.410. The minimum atomic E-state index is -0.835. The normalized spacial score (nSPS) is 14.7. The summed E-state index contributed by atoms with van der Waals surface area (Å²) in [5.74, 6) is -2.10. The molecule has 0 aliphatic carbocycles. The number of aromatic nitrogens is 1. The topological polar surface area (TPSA) is 73.4 Å². The minimum Gasteiger partial charge on any atom is -0.358 e. The number of fused-ring (bicyclic) bond motifs is 2. The van der Waals surface area contributed by atoms with Crippen molar-refractivity contribution < 1.29 is 19.2 Å². The Bertz CT molecular complexity index is 1330. The summed E-state index contributed by atoms with van der Waals surface area (Å²) in [5.41, 5.74) is 1.27. The fraction of sp³-hybridized carbons (Fsp3) is 0. The number of imide groups is 1. The summed E-state index contributed by atoms with van der Waals surface area (Å²) in [6, 6.07) is 17.4. The number of carbonyl (C=O) groups excluding carboxylic acids is 2. The Morgan fingerprint density at radius 2 is 1.43 bits per heavy atom. The van der Waals surface area contributed by atoms with Gasteiger partial charge in [-0.1, -0.05) is 54.6 Å². The molecule has 6 heteroatoms. The Hall–Kier alpha value is -3.77. The average Bonchev–Trinajstić information content (AvgIpc) is 3.23. The zero-order valence-electron chi connectivity index (χ0n) is 14.4. The largest absolute Gasteiger partial charge is 0.358 e. The van der Waals surface area contributed by atoms with Crippen LogP contribution >= 0.6 is 0 Å². The molecule has 3 aromatic carbocycles. The summed E-state index contributed by atoms with van der Waals surface area (Å²) in [4.78, 5) is 28.4. The summed E-state index contributed by atoms with van der Waals surface area (Å²) in [6.45, 7) is 0. The van der Waals surface area contributed by atoms with Crippen LogP contribution in [-0.2, 0) is 9.59 Å². The highest BCUT2D eigenvalue weighted by Gasteiger charge is 2.40. The fourth-order valence-electron chi connectivity index (χ4n) is 3.79. The van der Waals surface area contributed by atoms with Crippen LogP contribution in [0.1, 0.15) is 11.1 Å². The number of benzene rings is 3. The van der Waals surface area contributed by atoms with Gasteiger partial charge in [0.25, 0.3) is 11.8 Å². The van der Waals surface area contributed by atoms with Crippen LogP contribution in [0.3, 0.4) is 0 Å². The Labute approximate surface area is 158 Å². The molecule has 5 nitrogen and oxygen atoms in total. The number of hydrogen-bond acceptors (Lipinski definition) is 3. The van der Waals surface area contributed by atoms with Crippen molar-refractivity contribution in [2.75, 3.05) is 0 Å². The number of aromatic amines is 1. The van der Waals surface area contributed by atoms with E-state index in [0.717, 1.165) is 10.8 Å². The van der Waals surface area contributed by atoms with Gasteiger partial charge >= 0.3 is 0 Å². The number of carbonyl (C=O) groups is 2. The molecule has 4 aromatic rings. The summed E-state index contributed by atoms with van der Waals surface area (Å²) >= 11 is 0. The van der Waals surface area contributed by atoms with Crippen LogP contribution in [0.2, 0.25) is 0 Å². The third kappa shape index (κ3) is 2.15. The Kier molecular flexibility index (Phi) is 3.44. The molecule has 1 aliphatic heterocycles. The van der Waals surface area contributed by atoms with Crippen molar-refractivity contribution in [3.8, 4) is 0 Å². The van der Waals surface area contributed by atoms with E-state index in [4.69, 9.17) is 0 Å². The van der Waals surface area contributed by atoms with Gasteiger partial charge in [0.2, 0.25) is 0 Å². The number of nitrogens with zero attached hydrogens (tertiary/aromatic N) is 1. The van der Waals surface area contributed by atoms with Crippen LogP contribution in [0.5, 0.6) is 0 Å². The highest BCUT2D eigenvalue weighted by atomic mass is 19.1.